The minimum absolute atomic E-state index is 0.0359. The number of unbranched alkanes of at least 4 members (excludes halogenated alkanes) is 8. The average molecular weight is 709 g/mol. The van der Waals surface area contributed by atoms with E-state index in [0.29, 0.717) is 23.3 Å². The highest BCUT2D eigenvalue weighted by Crippen LogP contribution is 2.31. The summed E-state index contributed by atoms with van der Waals surface area (Å²) < 4.78 is 21.8. The molecule has 2 amide bonds. The van der Waals surface area contributed by atoms with Gasteiger partial charge < -0.3 is 25.2 Å². The van der Waals surface area contributed by atoms with Gasteiger partial charge in [0.25, 0.3) is 0 Å². The van der Waals surface area contributed by atoms with Crippen LogP contribution in [0.5, 0.6) is 5.75 Å². The lowest BCUT2D eigenvalue weighted by molar-refractivity contribution is -0.139. The third-order valence-electron chi connectivity index (χ3n) is 7.83. The van der Waals surface area contributed by atoms with E-state index in [1.807, 2.05) is 18.2 Å². The van der Waals surface area contributed by atoms with Crippen LogP contribution in [0.3, 0.4) is 0 Å². The standard InChI is InChI=1S/C34H46FIN2O5/c1-2-3-4-5-6-7-8-9-10-19-32(40)38(24-25-15-11-12-16-27(25)35)29-22-26(34(42)37-20-21-39)23-31(33(29)41)43-30-18-14-13-17-28(30)36/h11-18,23,29,31,33,39,41H,2-10,19-22,24H2,1H3,(H,37,42)/t29-,31+,33+/m1/s1. The topological polar surface area (TPSA) is 99.1 Å². The Labute approximate surface area is 269 Å². The Morgan fingerprint density at radius 2 is 1.65 bits per heavy atom. The van der Waals surface area contributed by atoms with Gasteiger partial charge in [-0.05, 0) is 53.3 Å². The Morgan fingerprint density at radius 1 is 1.00 bits per heavy atom. The molecule has 9 heteroatoms. The summed E-state index contributed by atoms with van der Waals surface area (Å²) in [5.74, 6) is -0.488. The van der Waals surface area contributed by atoms with Crippen LogP contribution in [0.15, 0.2) is 60.2 Å². The van der Waals surface area contributed by atoms with Gasteiger partial charge in [0.05, 0.1) is 16.2 Å². The Kier molecular flexibility index (Phi) is 15.5. The van der Waals surface area contributed by atoms with Gasteiger partial charge in [-0.2, -0.15) is 0 Å². The number of nitrogens with zero attached hydrogens (tertiary/aromatic N) is 1. The molecule has 0 saturated carbocycles. The first kappa shape index (κ1) is 35.0. The fraction of sp³-hybridized carbons (Fsp3) is 0.529. The maximum atomic E-state index is 14.8. The lowest BCUT2D eigenvalue weighted by Crippen LogP contribution is -2.54. The number of carbonyl (C=O) groups is 2. The molecule has 3 rings (SSSR count). The Balaban J connectivity index is 1.80. The van der Waals surface area contributed by atoms with E-state index in [9.17, 15) is 24.2 Å². The zero-order chi connectivity index (χ0) is 31.0. The normalized spacial score (nSPS) is 18.2. The first-order chi connectivity index (χ1) is 20.8. The number of hydrogen-bond donors (Lipinski definition) is 3. The van der Waals surface area contributed by atoms with Gasteiger partial charge in [-0.15, -0.1) is 0 Å². The number of ether oxygens (including phenoxy) is 1. The number of carbonyl (C=O) groups excluding carboxylic acids is 2. The number of para-hydroxylation sites is 1. The molecule has 2 aromatic carbocycles. The van der Waals surface area contributed by atoms with Crippen molar-refractivity contribution in [3.8, 4) is 5.75 Å². The second-order valence-electron chi connectivity index (χ2n) is 11.1. The molecule has 3 N–H and O–H groups in total. The number of nitrogens with one attached hydrogen (secondary N) is 1. The molecular formula is C34H46FIN2O5. The molecule has 236 valence electrons. The largest absolute Gasteiger partial charge is 0.482 e. The van der Waals surface area contributed by atoms with Crippen LogP contribution in [-0.4, -0.2) is 58.3 Å². The van der Waals surface area contributed by atoms with Gasteiger partial charge in [0, 0.05) is 37.1 Å². The smallest absolute Gasteiger partial charge is 0.247 e. The quantitative estimate of drug-likeness (QED) is 0.125. The first-order valence-corrected chi connectivity index (χ1v) is 16.7. The Morgan fingerprint density at radius 3 is 2.33 bits per heavy atom. The lowest BCUT2D eigenvalue weighted by Gasteiger charge is -2.40. The summed E-state index contributed by atoms with van der Waals surface area (Å²) in [7, 11) is 0. The highest BCUT2D eigenvalue weighted by Gasteiger charge is 2.40. The lowest BCUT2D eigenvalue weighted by atomic mass is 9.87. The van der Waals surface area contributed by atoms with Crippen molar-refractivity contribution in [2.75, 3.05) is 13.2 Å². The highest BCUT2D eigenvalue weighted by molar-refractivity contribution is 14.1. The number of amides is 2. The number of hydrogen-bond acceptors (Lipinski definition) is 5. The van der Waals surface area contributed by atoms with Gasteiger partial charge in [0.2, 0.25) is 11.8 Å². The molecule has 0 aliphatic heterocycles. The molecule has 0 fully saturated rings. The van der Waals surface area contributed by atoms with Gasteiger partial charge in [0.15, 0.2) is 0 Å². The summed E-state index contributed by atoms with van der Waals surface area (Å²) in [5, 5.41) is 23.5. The van der Waals surface area contributed by atoms with Crippen LogP contribution in [0.25, 0.3) is 0 Å². The van der Waals surface area contributed by atoms with Crippen molar-refractivity contribution < 1.29 is 28.9 Å². The van der Waals surface area contributed by atoms with E-state index in [1.54, 1.807) is 30.3 Å². The molecule has 0 aromatic heterocycles. The highest BCUT2D eigenvalue weighted by atomic mass is 127. The van der Waals surface area contributed by atoms with Gasteiger partial charge in [0.1, 0.15) is 23.8 Å². The van der Waals surface area contributed by atoms with Crippen molar-refractivity contribution in [1.29, 1.82) is 0 Å². The Bertz CT molecular complexity index is 1190. The second kappa shape index (κ2) is 19.0. The van der Waals surface area contributed by atoms with E-state index in [2.05, 4.69) is 34.8 Å². The van der Waals surface area contributed by atoms with Crippen LogP contribution in [0.1, 0.15) is 83.1 Å². The fourth-order valence-corrected chi connectivity index (χ4v) is 5.91. The molecule has 43 heavy (non-hydrogen) atoms. The predicted octanol–water partition coefficient (Wildman–Crippen LogP) is 6.30. The van der Waals surface area contributed by atoms with Crippen LogP contribution in [-0.2, 0) is 16.1 Å². The zero-order valence-corrected chi connectivity index (χ0v) is 27.3. The molecule has 0 bridgehead atoms. The Hall–Kier alpha value is -2.50. The van der Waals surface area contributed by atoms with Crippen molar-refractivity contribution in [3.63, 3.8) is 0 Å². The van der Waals surface area contributed by atoms with Crippen LogP contribution in [0.4, 0.5) is 4.39 Å². The molecule has 3 atom stereocenters. The molecule has 7 nitrogen and oxygen atoms in total. The molecule has 0 heterocycles. The summed E-state index contributed by atoms with van der Waals surface area (Å²) in [4.78, 5) is 28.3. The van der Waals surface area contributed by atoms with E-state index >= 15 is 0 Å². The molecule has 0 saturated heterocycles. The van der Waals surface area contributed by atoms with Crippen molar-refractivity contribution >= 4 is 34.4 Å². The van der Waals surface area contributed by atoms with Crippen molar-refractivity contribution in [3.05, 3.63) is 75.1 Å². The van der Waals surface area contributed by atoms with E-state index in [4.69, 9.17) is 4.74 Å². The fourth-order valence-electron chi connectivity index (χ4n) is 5.40. The van der Waals surface area contributed by atoms with Gasteiger partial charge in [-0.25, -0.2) is 4.39 Å². The molecular weight excluding hydrogens is 662 g/mol. The minimum Gasteiger partial charge on any atom is -0.482 e. The molecule has 1 aliphatic rings. The third-order valence-corrected chi connectivity index (χ3v) is 8.72. The second-order valence-corrected chi connectivity index (χ2v) is 12.3. The van der Waals surface area contributed by atoms with Crippen molar-refractivity contribution in [2.45, 2.75) is 102 Å². The molecule has 0 spiro atoms. The third kappa shape index (κ3) is 11.2. The summed E-state index contributed by atoms with van der Waals surface area (Å²) >= 11 is 2.14. The maximum absolute atomic E-state index is 14.8. The molecule has 0 unspecified atom stereocenters. The number of halogens is 2. The van der Waals surface area contributed by atoms with Crippen LogP contribution in [0.2, 0.25) is 0 Å². The van der Waals surface area contributed by atoms with Crippen LogP contribution >= 0.6 is 22.6 Å². The van der Waals surface area contributed by atoms with Crippen LogP contribution in [0, 0.1) is 9.39 Å². The zero-order valence-electron chi connectivity index (χ0n) is 25.2. The number of aliphatic hydroxyl groups is 2. The number of rotatable bonds is 18. The maximum Gasteiger partial charge on any atom is 0.247 e. The van der Waals surface area contributed by atoms with E-state index in [1.165, 1.54) is 43.1 Å². The van der Waals surface area contributed by atoms with Gasteiger partial charge in [-0.3, -0.25) is 9.59 Å². The monoisotopic (exact) mass is 708 g/mol. The van der Waals surface area contributed by atoms with Crippen LogP contribution < -0.4 is 10.1 Å². The van der Waals surface area contributed by atoms with Gasteiger partial charge in [-0.1, -0.05) is 88.6 Å². The molecule has 0 radical (unpaired) electrons. The molecule has 2 aromatic rings. The van der Waals surface area contributed by atoms with Gasteiger partial charge >= 0.3 is 0 Å². The van der Waals surface area contributed by atoms with Crippen molar-refractivity contribution in [1.82, 2.24) is 10.2 Å². The predicted molar refractivity (Wildman–Crippen MR) is 175 cm³/mol. The van der Waals surface area contributed by atoms with E-state index in [0.717, 1.165) is 22.8 Å². The summed E-state index contributed by atoms with van der Waals surface area (Å²) in [5.41, 5.74) is 0.681. The minimum atomic E-state index is -1.16. The molecule has 1 aliphatic carbocycles. The number of benzene rings is 2. The summed E-state index contributed by atoms with van der Waals surface area (Å²) in [6.45, 7) is 2.02. The summed E-state index contributed by atoms with van der Waals surface area (Å²) in [6, 6.07) is 12.8. The van der Waals surface area contributed by atoms with Crippen molar-refractivity contribution in [2.24, 2.45) is 0 Å². The van der Waals surface area contributed by atoms with E-state index in [-0.39, 0.29) is 38.4 Å². The first-order valence-electron chi connectivity index (χ1n) is 15.6. The van der Waals surface area contributed by atoms with E-state index < -0.39 is 30.0 Å². The average Bonchev–Trinajstić information content (AvgIpc) is 3.00. The SMILES string of the molecule is CCCCCCCCCCCC(=O)N(Cc1ccccc1F)[C@@H]1CC(C(=O)NCCO)=C[C@H](Oc2ccccc2I)[C@H]1O. The number of aliphatic hydroxyl groups excluding tert-OH is 2. The summed E-state index contributed by atoms with van der Waals surface area (Å²) in [6.07, 6.45) is 9.89.